The number of nitrogens with zero attached hydrogens (tertiary/aromatic N) is 2. The number of rotatable bonds is 6. The molecule has 2 aromatic rings. The Balaban J connectivity index is 1.16. The average molecular weight is 381 g/mol. The molecule has 2 aliphatic rings. The standard InChI is InChI=1S/C23H32N4O/c28-23(24-12-10-20-18-25-22-9-5-4-8-21(20)22)27-16-14-26(15-17-27)13-11-19-6-2-1-3-7-19/h4-6,8-9,18,25H,1-3,7,10-17H2,(H,24,28). The number of H-pyrrole nitrogens is 1. The minimum absolute atomic E-state index is 0.0782. The summed E-state index contributed by atoms with van der Waals surface area (Å²) in [5.41, 5.74) is 4.06. The first-order valence-electron chi connectivity index (χ1n) is 10.8. The molecule has 0 unspecified atom stereocenters. The van der Waals surface area contributed by atoms with Crippen LogP contribution in [0.5, 0.6) is 0 Å². The molecule has 28 heavy (non-hydrogen) atoms. The summed E-state index contributed by atoms with van der Waals surface area (Å²) in [6.07, 6.45) is 11.8. The Bertz CT molecular complexity index is 817. The zero-order valence-corrected chi connectivity index (χ0v) is 16.8. The average Bonchev–Trinajstić information content (AvgIpc) is 3.16. The van der Waals surface area contributed by atoms with Crippen molar-refractivity contribution in [2.75, 3.05) is 39.3 Å². The van der Waals surface area contributed by atoms with Crippen molar-refractivity contribution in [3.05, 3.63) is 47.7 Å². The van der Waals surface area contributed by atoms with E-state index in [2.05, 4.69) is 45.7 Å². The van der Waals surface area contributed by atoms with Crippen LogP contribution in [0.25, 0.3) is 10.9 Å². The minimum Gasteiger partial charge on any atom is -0.361 e. The van der Waals surface area contributed by atoms with Gasteiger partial charge in [0.05, 0.1) is 0 Å². The Hall–Kier alpha value is -2.27. The van der Waals surface area contributed by atoms with Crippen molar-refractivity contribution in [3.63, 3.8) is 0 Å². The number of nitrogens with one attached hydrogen (secondary N) is 2. The van der Waals surface area contributed by atoms with Crippen LogP contribution in [0, 0.1) is 0 Å². The van der Waals surface area contributed by atoms with Gasteiger partial charge in [0.1, 0.15) is 0 Å². The highest BCUT2D eigenvalue weighted by atomic mass is 16.2. The number of benzene rings is 1. The first-order valence-corrected chi connectivity index (χ1v) is 10.8. The van der Waals surface area contributed by atoms with E-state index < -0.39 is 0 Å². The molecule has 1 fully saturated rings. The first-order chi connectivity index (χ1) is 13.8. The molecule has 2 amide bonds. The zero-order chi connectivity index (χ0) is 19.2. The second-order valence-electron chi connectivity index (χ2n) is 8.03. The normalized spacial score (nSPS) is 18.3. The number of aromatic amines is 1. The number of para-hydroxylation sites is 1. The molecule has 0 atom stereocenters. The number of fused-ring (bicyclic) bond motifs is 1. The number of carbonyl (C=O) groups is 1. The lowest BCUT2D eigenvalue weighted by Gasteiger charge is -2.35. The van der Waals surface area contributed by atoms with Gasteiger partial charge in [0.15, 0.2) is 0 Å². The largest absolute Gasteiger partial charge is 0.361 e. The third kappa shape index (κ3) is 4.76. The van der Waals surface area contributed by atoms with Crippen LogP contribution in [0.3, 0.4) is 0 Å². The second kappa shape index (κ2) is 9.28. The summed E-state index contributed by atoms with van der Waals surface area (Å²) in [5.74, 6) is 0. The van der Waals surface area contributed by atoms with E-state index >= 15 is 0 Å². The summed E-state index contributed by atoms with van der Waals surface area (Å²) < 4.78 is 0. The molecule has 4 rings (SSSR count). The van der Waals surface area contributed by atoms with Crippen molar-refractivity contribution >= 4 is 16.9 Å². The number of hydrogen-bond donors (Lipinski definition) is 2. The van der Waals surface area contributed by atoms with Crippen molar-refractivity contribution in [1.82, 2.24) is 20.1 Å². The minimum atomic E-state index is 0.0782. The van der Waals surface area contributed by atoms with E-state index in [1.54, 1.807) is 5.57 Å². The van der Waals surface area contributed by atoms with Gasteiger partial charge in [-0.05, 0) is 50.2 Å². The molecule has 0 radical (unpaired) electrons. The van der Waals surface area contributed by atoms with Gasteiger partial charge in [-0.15, -0.1) is 0 Å². The van der Waals surface area contributed by atoms with Gasteiger partial charge in [0.25, 0.3) is 0 Å². The monoisotopic (exact) mass is 380 g/mol. The van der Waals surface area contributed by atoms with E-state index in [1.165, 1.54) is 43.1 Å². The van der Waals surface area contributed by atoms with Crippen LogP contribution in [-0.2, 0) is 6.42 Å². The summed E-state index contributed by atoms with van der Waals surface area (Å²) in [6.45, 7) is 5.46. The van der Waals surface area contributed by atoms with Gasteiger partial charge in [-0.25, -0.2) is 4.79 Å². The fraction of sp³-hybridized carbons (Fsp3) is 0.522. The molecule has 5 heteroatoms. The number of allylic oxidation sites excluding steroid dienone is 1. The van der Waals surface area contributed by atoms with E-state index in [0.717, 1.165) is 44.7 Å². The molecule has 5 nitrogen and oxygen atoms in total. The van der Waals surface area contributed by atoms with Crippen LogP contribution in [0.1, 0.15) is 37.7 Å². The number of piperazine rings is 1. The topological polar surface area (TPSA) is 51.4 Å². The molecule has 0 saturated carbocycles. The SMILES string of the molecule is O=C(NCCc1c[nH]c2ccccc12)N1CCN(CCC2=CCCCC2)CC1. The van der Waals surface area contributed by atoms with Crippen molar-refractivity contribution in [2.24, 2.45) is 0 Å². The van der Waals surface area contributed by atoms with Crippen LogP contribution < -0.4 is 5.32 Å². The van der Waals surface area contributed by atoms with E-state index in [4.69, 9.17) is 0 Å². The molecule has 2 heterocycles. The van der Waals surface area contributed by atoms with Gasteiger partial charge in [-0.3, -0.25) is 4.90 Å². The molecule has 0 bridgehead atoms. The number of amides is 2. The molecule has 1 aromatic heterocycles. The maximum Gasteiger partial charge on any atom is 0.317 e. The summed E-state index contributed by atoms with van der Waals surface area (Å²) >= 11 is 0. The highest BCUT2D eigenvalue weighted by Crippen LogP contribution is 2.20. The molecular formula is C23H32N4O. The summed E-state index contributed by atoms with van der Waals surface area (Å²) in [5, 5.41) is 4.35. The molecular weight excluding hydrogens is 348 g/mol. The molecule has 150 valence electrons. The number of urea groups is 1. The Labute approximate surface area is 167 Å². The lowest BCUT2D eigenvalue weighted by Crippen LogP contribution is -2.52. The Morgan fingerprint density at radius 1 is 1.07 bits per heavy atom. The number of carbonyl (C=O) groups excluding carboxylic acids is 1. The zero-order valence-electron chi connectivity index (χ0n) is 16.8. The third-order valence-electron chi connectivity index (χ3n) is 6.14. The van der Waals surface area contributed by atoms with Crippen LogP contribution in [-0.4, -0.2) is 60.1 Å². The highest BCUT2D eigenvalue weighted by molar-refractivity contribution is 5.83. The highest BCUT2D eigenvalue weighted by Gasteiger charge is 2.21. The summed E-state index contributed by atoms with van der Waals surface area (Å²) in [4.78, 5) is 20.2. The van der Waals surface area contributed by atoms with E-state index in [0.29, 0.717) is 6.54 Å². The molecule has 1 aliphatic carbocycles. The van der Waals surface area contributed by atoms with E-state index in [1.807, 2.05) is 11.0 Å². The van der Waals surface area contributed by atoms with Crippen molar-refractivity contribution in [1.29, 1.82) is 0 Å². The fourth-order valence-corrected chi connectivity index (χ4v) is 4.36. The lowest BCUT2D eigenvalue weighted by molar-refractivity contribution is 0.140. The van der Waals surface area contributed by atoms with Crippen molar-refractivity contribution in [3.8, 4) is 0 Å². The van der Waals surface area contributed by atoms with Crippen molar-refractivity contribution in [2.45, 2.75) is 38.5 Å². The van der Waals surface area contributed by atoms with Gasteiger partial charge in [0.2, 0.25) is 0 Å². The van der Waals surface area contributed by atoms with E-state index in [9.17, 15) is 4.79 Å². The third-order valence-corrected chi connectivity index (χ3v) is 6.14. The predicted molar refractivity (Wildman–Crippen MR) is 115 cm³/mol. The Kier molecular flexibility index (Phi) is 6.32. The number of hydrogen-bond acceptors (Lipinski definition) is 2. The van der Waals surface area contributed by atoms with Gasteiger partial charge in [-0.1, -0.05) is 29.8 Å². The molecule has 1 aliphatic heterocycles. The van der Waals surface area contributed by atoms with Gasteiger partial charge in [-0.2, -0.15) is 0 Å². The second-order valence-corrected chi connectivity index (χ2v) is 8.03. The molecule has 2 N–H and O–H groups in total. The maximum absolute atomic E-state index is 12.5. The Morgan fingerprint density at radius 3 is 2.75 bits per heavy atom. The smallest absolute Gasteiger partial charge is 0.317 e. The van der Waals surface area contributed by atoms with E-state index in [-0.39, 0.29) is 6.03 Å². The van der Waals surface area contributed by atoms with Crippen LogP contribution in [0.15, 0.2) is 42.1 Å². The van der Waals surface area contributed by atoms with Crippen LogP contribution in [0.2, 0.25) is 0 Å². The van der Waals surface area contributed by atoms with Gasteiger partial charge < -0.3 is 15.2 Å². The van der Waals surface area contributed by atoms with Crippen molar-refractivity contribution < 1.29 is 4.79 Å². The van der Waals surface area contributed by atoms with Gasteiger partial charge >= 0.3 is 6.03 Å². The lowest BCUT2D eigenvalue weighted by atomic mass is 9.97. The fourth-order valence-electron chi connectivity index (χ4n) is 4.36. The maximum atomic E-state index is 12.5. The molecule has 0 spiro atoms. The first kappa shape index (κ1) is 19.1. The number of aromatic nitrogens is 1. The van der Waals surface area contributed by atoms with Crippen LogP contribution >= 0.6 is 0 Å². The predicted octanol–water partition coefficient (Wildman–Crippen LogP) is 3.93. The summed E-state index contributed by atoms with van der Waals surface area (Å²) in [7, 11) is 0. The summed E-state index contributed by atoms with van der Waals surface area (Å²) in [6, 6.07) is 8.39. The molecule has 1 saturated heterocycles. The van der Waals surface area contributed by atoms with Gasteiger partial charge in [0, 0.05) is 56.4 Å². The molecule has 1 aromatic carbocycles. The van der Waals surface area contributed by atoms with Crippen LogP contribution in [0.4, 0.5) is 4.79 Å². The Morgan fingerprint density at radius 2 is 1.93 bits per heavy atom. The quantitative estimate of drug-likeness (QED) is 0.746.